The molecule has 0 spiro atoms. The van der Waals surface area contributed by atoms with Gasteiger partial charge in [0.2, 0.25) is 0 Å². The van der Waals surface area contributed by atoms with Crippen LogP contribution in [0.15, 0.2) is 54.7 Å². The second-order valence-corrected chi connectivity index (χ2v) is 7.08. The zero-order valence-electron chi connectivity index (χ0n) is 16.5. The number of nitrogens with two attached hydrogens (primary N) is 1. The van der Waals surface area contributed by atoms with Gasteiger partial charge in [-0.05, 0) is 33.5 Å². The molecule has 7 heteroatoms. The summed E-state index contributed by atoms with van der Waals surface area (Å²) >= 11 is 0. The highest BCUT2D eigenvalue weighted by Gasteiger charge is 2.11. The van der Waals surface area contributed by atoms with Gasteiger partial charge in [0, 0.05) is 31.3 Å². The van der Waals surface area contributed by atoms with Gasteiger partial charge in [-0.1, -0.05) is 61.9 Å². The van der Waals surface area contributed by atoms with Gasteiger partial charge in [0.1, 0.15) is 5.82 Å². The third-order valence-corrected chi connectivity index (χ3v) is 5.02. The van der Waals surface area contributed by atoms with Crippen LogP contribution in [-0.4, -0.2) is 30.2 Å². The molecular formula is C22H25N7. The Labute approximate surface area is 170 Å². The number of imidazole rings is 1. The van der Waals surface area contributed by atoms with Crippen molar-refractivity contribution >= 4 is 0 Å². The zero-order chi connectivity index (χ0) is 20.1. The first-order valence-corrected chi connectivity index (χ1v) is 9.96. The molecule has 2 aromatic heterocycles. The Morgan fingerprint density at radius 3 is 2.52 bits per heavy atom. The number of aromatic amines is 1. The largest absolute Gasteiger partial charge is 0.330 e. The summed E-state index contributed by atoms with van der Waals surface area (Å²) in [5, 5.41) is 14.3. The number of benzene rings is 2. The number of hydrogen-bond donors (Lipinski definition) is 2. The van der Waals surface area contributed by atoms with Crippen molar-refractivity contribution < 1.29 is 0 Å². The minimum atomic E-state index is 0.471. The predicted octanol–water partition coefficient (Wildman–Crippen LogP) is 3.58. The maximum atomic E-state index is 5.80. The van der Waals surface area contributed by atoms with Gasteiger partial charge >= 0.3 is 0 Å². The van der Waals surface area contributed by atoms with Gasteiger partial charge in [-0.2, -0.15) is 0 Å². The Morgan fingerprint density at radius 2 is 1.83 bits per heavy atom. The fourth-order valence-electron chi connectivity index (χ4n) is 3.48. The van der Waals surface area contributed by atoms with E-state index in [4.69, 9.17) is 5.73 Å². The number of tetrazole rings is 1. The smallest absolute Gasteiger partial charge is 0.180 e. The number of rotatable bonds is 8. The van der Waals surface area contributed by atoms with Crippen molar-refractivity contribution in [2.24, 2.45) is 5.73 Å². The predicted molar refractivity (Wildman–Crippen MR) is 113 cm³/mol. The van der Waals surface area contributed by atoms with E-state index in [0.717, 1.165) is 54.0 Å². The summed E-state index contributed by atoms with van der Waals surface area (Å²) in [6.45, 7) is 3.46. The van der Waals surface area contributed by atoms with Crippen LogP contribution in [0.5, 0.6) is 0 Å². The molecule has 0 amide bonds. The quantitative estimate of drug-likeness (QED) is 0.481. The van der Waals surface area contributed by atoms with Crippen LogP contribution in [0.4, 0.5) is 0 Å². The molecule has 2 heterocycles. The van der Waals surface area contributed by atoms with E-state index in [1.165, 1.54) is 5.56 Å². The van der Waals surface area contributed by atoms with Crippen molar-refractivity contribution in [2.45, 2.75) is 39.3 Å². The first-order chi connectivity index (χ1) is 14.3. The first kappa shape index (κ1) is 19.0. The zero-order valence-corrected chi connectivity index (χ0v) is 16.5. The molecule has 0 fully saturated rings. The number of nitrogens with one attached hydrogen (secondary N) is 1. The Hall–Kier alpha value is -3.32. The molecule has 4 aromatic rings. The summed E-state index contributed by atoms with van der Waals surface area (Å²) in [5.74, 6) is 1.78. The number of hydrogen-bond acceptors (Lipinski definition) is 5. The van der Waals surface area contributed by atoms with E-state index in [-0.39, 0.29) is 0 Å². The van der Waals surface area contributed by atoms with Gasteiger partial charge in [0.05, 0.1) is 5.69 Å². The Bertz CT molecular complexity index is 1050. The van der Waals surface area contributed by atoms with Crippen molar-refractivity contribution in [3.05, 3.63) is 71.8 Å². The molecule has 0 radical (unpaired) electrons. The number of aromatic nitrogens is 6. The lowest BCUT2D eigenvalue weighted by atomic mass is 9.98. The lowest BCUT2D eigenvalue weighted by Gasteiger charge is -2.10. The third-order valence-electron chi connectivity index (χ3n) is 5.02. The van der Waals surface area contributed by atoms with E-state index in [9.17, 15) is 0 Å². The Balaban J connectivity index is 1.58. The van der Waals surface area contributed by atoms with Gasteiger partial charge in [-0.15, -0.1) is 5.10 Å². The maximum absolute atomic E-state index is 5.80. The molecule has 2 aromatic carbocycles. The molecule has 3 N–H and O–H groups in total. The molecule has 0 saturated carbocycles. The van der Waals surface area contributed by atoms with Crippen LogP contribution in [0.1, 0.15) is 36.8 Å². The monoisotopic (exact) mass is 387 g/mol. The van der Waals surface area contributed by atoms with E-state index in [1.807, 2.05) is 18.2 Å². The van der Waals surface area contributed by atoms with Crippen LogP contribution in [0.25, 0.3) is 22.5 Å². The Morgan fingerprint density at radius 1 is 1.03 bits per heavy atom. The van der Waals surface area contributed by atoms with Crippen LogP contribution in [0, 0.1) is 0 Å². The topological polar surface area (TPSA) is 98.3 Å². The normalized spacial score (nSPS) is 11.1. The number of nitrogens with zero attached hydrogens (tertiary/aromatic N) is 5. The molecule has 29 heavy (non-hydrogen) atoms. The standard InChI is InChI=1S/C22H25N7/c1-2-3-8-21-24-18(13-23)15-29(21)14-16-9-11-17(12-10-16)19-6-4-5-7-20(19)22-25-27-28-26-22/h4-7,9-12,15H,2-3,8,13-14,23H2,1H3,(H,25,26,27,28). The van der Waals surface area contributed by atoms with E-state index in [2.05, 4.69) is 73.6 Å². The minimum Gasteiger partial charge on any atom is -0.330 e. The van der Waals surface area contributed by atoms with Crippen LogP contribution >= 0.6 is 0 Å². The molecule has 7 nitrogen and oxygen atoms in total. The molecular weight excluding hydrogens is 362 g/mol. The van der Waals surface area contributed by atoms with Gasteiger partial charge in [-0.25, -0.2) is 10.1 Å². The minimum absolute atomic E-state index is 0.471. The summed E-state index contributed by atoms with van der Waals surface area (Å²) in [4.78, 5) is 4.68. The van der Waals surface area contributed by atoms with Gasteiger partial charge in [0.15, 0.2) is 5.82 Å². The second-order valence-electron chi connectivity index (χ2n) is 7.08. The van der Waals surface area contributed by atoms with Crippen molar-refractivity contribution in [3.63, 3.8) is 0 Å². The average molecular weight is 387 g/mol. The van der Waals surface area contributed by atoms with E-state index in [1.54, 1.807) is 0 Å². The highest BCUT2D eigenvalue weighted by Crippen LogP contribution is 2.29. The molecule has 148 valence electrons. The lowest BCUT2D eigenvalue weighted by Crippen LogP contribution is -2.04. The summed E-state index contributed by atoms with van der Waals surface area (Å²) in [6, 6.07) is 16.7. The molecule has 4 rings (SSSR count). The molecule has 0 aliphatic rings. The van der Waals surface area contributed by atoms with Gasteiger partial charge < -0.3 is 10.3 Å². The van der Waals surface area contributed by atoms with Crippen molar-refractivity contribution in [2.75, 3.05) is 0 Å². The van der Waals surface area contributed by atoms with Crippen molar-refractivity contribution in [1.82, 2.24) is 30.2 Å². The summed E-state index contributed by atoms with van der Waals surface area (Å²) in [7, 11) is 0. The van der Waals surface area contributed by atoms with Crippen molar-refractivity contribution in [1.29, 1.82) is 0 Å². The van der Waals surface area contributed by atoms with E-state index >= 15 is 0 Å². The van der Waals surface area contributed by atoms with E-state index < -0.39 is 0 Å². The summed E-state index contributed by atoms with van der Waals surface area (Å²) in [6.07, 6.45) is 5.34. The molecule has 0 unspecified atom stereocenters. The molecule has 0 aliphatic carbocycles. The summed E-state index contributed by atoms with van der Waals surface area (Å²) < 4.78 is 2.22. The first-order valence-electron chi connectivity index (χ1n) is 9.96. The number of unbranched alkanes of at least 4 members (excludes halogenated alkanes) is 1. The SMILES string of the molecule is CCCCc1nc(CN)cn1Cc1ccc(-c2ccccc2-c2nnn[nH]2)cc1. The van der Waals surface area contributed by atoms with Crippen molar-refractivity contribution in [3.8, 4) is 22.5 Å². The van der Waals surface area contributed by atoms with Gasteiger partial charge in [0.25, 0.3) is 0 Å². The maximum Gasteiger partial charge on any atom is 0.180 e. The summed E-state index contributed by atoms with van der Waals surface area (Å²) in [5.41, 5.74) is 11.2. The fraction of sp³-hybridized carbons (Fsp3) is 0.273. The van der Waals surface area contributed by atoms with Crippen LogP contribution in [-0.2, 0) is 19.5 Å². The Kier molecular flexibility index (Phi) is 5.76. The van der Waals surface area contributed by atoms with Crippen LogP contribution in [0.3, 0.4) is 0 Å². The molecule has 0 bridgehead atoms. The highest BCUT2D eigenvalue weighted by molar-refractivity contribution is 5.80. The fourth-order valence-corrected chi connectivity index (χ4v) is 3.48. The average Bonchev–Trinajstić information content (AvgIpc) is 3.43. The number of H-pyrrole nitrogens is 1. The third kappa shape index (κ3) is 4.25. The van der Waals surface area contributed by atoms with E-state index in [0.29, 0.717) is 12.4 Å². The number of aryl methyl sites for hydroxylation is 1. The molecule has 0 atom stereocenters. The lowest BCUT2D eigenvalue weighted by molar-refractivity contribution is 0.678. The second kappa shape index (κ2) is 8.79. The van der Waals surface area contributed by atoms with Crippen LogP contribution < -0.4 is 5.73 Å². The highest BCUT2D eigenvalue weighted by atomic mass is 15.5. The molecule has 0 saturated heterocycles. The van der Waals surface area contributed by atoms with Gasteiger partial charge in [-0.3, -0.25) is 0 Å². The molecule has 0 aliphatic heterocycles. The van der Waals surface area contributed by atoms with Crippen LogP contribution in [0.2, 0.25) is 0 Å².